The van der Waals surface area contributed by atoms with Gasteiger partial charge < -0.3 is 16.2 Å². The number of esters is 1. The van der Waals surface area contributed by atoms with Crippen molar-refractivity contribution in [2.75, 3.05) is 31.2 Å². The minimum absolute atomic E-state index is 0.0294. The van der Waals surface area contributed by atoms with Crippen molar-refractivity contribution >= 4 is 49.6 Å². The molecule has 1 aliphatic rings. The van der Waals surface area contributed by atoms with Gasteiger partial charge in [0.15, 0.2) is 0 Å². The fraction of sp³-hybridized carbons (Fsp3) is 0.381. The van der Waals surface area contributed by atoms with Crippen molar-refractivity contribution in [3.8, 4) is 0 Å². The van der Waals surface area contributed by atoms with E-state index in [0.29, 0.717) is 24.4 Å². The van der Waals surface area contributed by atoms with Crippen LogP contribution in [-0.4, -0.2) is 50.0 Å². The molecule has 1 amide bonds. The zero-order valence-electron chi connectivity index (χ0n) is 18.5. The first-order chi connectivity index (χ1) is 15.7. The number of ether oxygens (including phenoxy) is 1. The highest BCUT2D eigenvalue weighted by atomic mass is 32.2. The summed E-state index contributed by atoms with van der Waals surface area (Å²) in [4.78, 5) is 24.8. The van der Waals surface area contributed by atoms with Gasteiger partial charge in [0.25, 0.3) is 5.91 Å². The summed E-state index contributed by atoms with van der Waals surface area (Å²) in [6.07, 6.45) is 2.77. The van der Waals surface area contributed by atoms with Crippen molar-refractivity contribution in [2.24, 2.45) is 5.10 Å². The Bertz CT molecular complexity index is 1170. The fourth-order valence-corrected chi connectivity index (χ4v) is 5.80. The van der Waals surface area contributed by atoms with E-state index < -0.39 is 21.9 Å². The highest BCUT2D eigenvalue weighted by Crippen LogP contribution is 2.34. The van der Waals surface area contributed by atoms with E-state index in [9.17, 15) is 18.0 Å². The van der Waals surface area contributed by atoms with Crippen LogP contribution in [0.1, 0.15) is 58.7 Å². The number of nitrogen functional groups attached to an aromatic ring is 2. The minimum atomic E-state index is -3.52. The number of nitrogens with zero attached hydrogens (tertiary/aromatic N) is 2. The zero-order valence-corrected chi connectivity index (χ0v) is 20.1. The normalized spacial score (nSPS) is 15.3. The third-order valence-corrected chi connectivity index (χ3v) is 8.15. The maximum absolute atomic E-state index is 12.8. The largest absolute Gasteiger partial charge is 0.462 e. The summed E-state index contributed by atoms with van der Waals surface area (Å²) in [5.74, 6) is -1.31. The smallest absolute Gasteiger partial charge is 0.343 e. The number of amides is 1. The molecule has 178 valence electrons. The number of hydrogen-bond donors (Lipinski definition) is 3. The number of thiophene rings is 1. The van der Waals surface area contributed by atoms with Crippen LogP contribution in [-0.2, 0) is 14.8 Å². The topological polar surface area (TPSA) is 157 Å². The van der Waals surface area contributed by atoms with E-state index in [1.54, 1.807) is 26.0 Å². The second-order valence-electron chi connectivity index (χ2n) is 7.43. The van der Waals surface area contributed by atoms with E-state index in [-0.39, 0.29) is 32.6 Å². The van der Waals surface area contributed by atoms with Crippen LogP contribution in [0.3, 0.4) is 0 Å². The molecule has 2 aromatic rings. The summed E-state index contributed by atoms with van der Waals surface area (Å²) in [7, 11) is -3.52. The number of nitrogens with two attached hydrogens (primary N) is 2. The lowest BCUT2D eigenvalue weighted by molar-refractivity contribution is 0.0529. The molecule has 5 N–H and O–H groups in total. The molecule has 1 aromatic carbocycles. The molecule has 1 aromatic heterocycles. The van der Waals surface area contributed by atoms with Gasteiger partial charge in [-0.15, -0.1) is 11.3 Å². The van der Waals surface area contributed by atoms with Crippen LogP contribution in [0, 0.1) is 0 Å². The first-order valence-electron chi connectivity index (χ1n) is 10.5. The van der Waals surface area contributed by atoms with Gasteiger partial charge in [0, 0.05) is 13.1 Å². The summed E-state index contributed by atoms with van der Waals surface area (Å²) < 4.78 is 32.0. The lowest BCUT2D eigenvalue weighted by Crippen LogP contribution is -2.35. The van der Waals surface area contributed by atoms with Crippen LogP contribution in [0.4, 0.5) is 10.7 Å². The average molecular weight is 494 g/mol. The zero-order chi connectivity index (χ0) is 24.2. The molecule has 0 radical (unpaired) electrons. The van der Waals surface area contributed by atoms with E-state index in [0.717, 1.165) is 30.6 Å². The van der Waals surface area contributed by atoms with Crippen molar-refractivity contribution in [2.45, 2.75) is 38.0 Å². The Morgan fingerprint density at radius 1 is 1.15 bits per heavy atom. The molecule has 1 fully saturated rings. The van der Waals surface area contributed by atoms with Gasteiger partial charge in [-0.2, -0.15) is 9.41 Å². The van der Waals surface area contributed by atoms with Gasteiger partial charge in [0.2, 0.25) is 10.0 Å². The van der Waals surface area contributed by atoms with Gasteiger partial charge in [0.05, 0.1) is 22.9 Å². The molecular formula is C21H27N5O5S2. The van der Waals surface area contributed by atoms with Crippen LogP contribution in [0.2, 0.25) is 0 Å². The van der Waals surface area contributed by atoms with Gasteiger partial charge in [-0.05, 0) is 44.4 Å². The lowest BCUT2D eigenvalue weighted by Gasteiger charge is -2.25. The monoisotopic (exact) mass is 493 g/mol. The Kier molecular flexibility index (Phi) is 7.72. The number of rotatable bonds is 7. The first kappa shape index (κ1) is 24.7. The summed E-state index contributed by atoms with van der Waals surface area (Å²) in [5.41, 5.74) is 15.2. The molecule has 0 unspecified atom stereocenters. The fourth-order valence-electron chi connectivity index (χ4n) is 3.42. The third-order valence-electron chi connectivity index (χ3n) is 5.21. The number of benzene rings is 1. The van der Waals surface area contributed by atoms with E-state index >= 15 is 0 Å². The van der Waals surface area contributed by atoms with Crippen LogP contribution in [0.25, 0.3) is 0 Å². The van der Waals surface area contributed by atoms with Crippen LogP contribution in [0.15, 0.2) is 34.3 Å². The van der Waals surface area contributed by atoms with Gasteiger partial charge >= 0.3 is 5.97 Å². The van der Waals surface area contributed by atoms with Crippen molar-refractivity contribution in [1.29, 1.82) is 0 Å². The Morgan fingerprint density at radius 3 is 2.39 bits per heavy atom. The molecule has 12 heteroatoms. The van der Waals surface area contributed by atoms with E-state index in [4.69, 9.17) is 16.2 Å². The molecule has 0 spiro atoms. The first-order valence-corrected chi connectivity index (χ1v) is 12.7. The Balaban J connectivity index is 1.72. The maximum atomic E-state index is 12.8. The van der Waals surface area contributed by atoms with Gasteiger partial charge in [-0.1, -0.05) is 18.6 Å². The molecule has 1 aliphatic heterocycles. The van der Waals surface area contributed by atoms with Crippen molar-refractivity contribution in [1.82, 2.24) is 9.73 Å². The predicted octanol–water partition coefficient (Wildman–Crippen LogP) is 2.42. The van der Waals surface area contributed by atoms with E-state index in [1.165, 1.54) is 16.4 Å². The second-order valence-corrected chi connectivity index (χ2v) is 10.4. The molecule has 10 nitrogen and oxygen atoms in total. The standard InChI is InChI=1S/C21H27N5O5S2/c1-3-31-21(28)16-17(22)18(32-19(16)23)20(27)25-24-13(2)14-7-9-15(10-8-14)33(29,30)26-11-5-4-6-12-26/h7-10H,3-6,11-12,22-23H2,1-2H3,(H,25,27)/b24-13+. The highest BCUT2D eigenvalue weighted by Gasteiger charge is 2.26. The predicted molar refractivity (Wildman–Crippen MR) is 128 cm³/mol. The Hall–Kier alpha value is -2.96. The minimum Gasteiger partial charge on any atom is -0.462 e. The molecule has 1 saturated heterocycles. The Labute approximate surface area is 196 Å². The Morgan fingerprint density at radius 2 is 1.79 bits per heavy atom. The van der Waals surface area contributed by atoms with E-state index in [1.807, 2.05) is 0 Å². The molecule has 0 aliphatic carbocycles. The number of hydrogen-bond acceptors (Lipinski definition) is 9. The van der Waals surface area contributed by atoms with Gasteiger partial charge in [-0.3, -0.25) is 4.79 Å². The number of hydrazone groups is 1. The number of piperidine rings is 1. The number of anilines is 2. The quantitative estimate of drug-likeness (QED) is 0.304. The average Bonchev–Trinajstić information content (AvgIpc) is 3.12. The number of carbonyl (C=O) groups excluding carboxylic acids is 2. The number of sulfonamides is 1. The summed E-state index contributed by atoms with van der Waals surface area (Å²) in [6, 6.07) is 6.34. The highest BCUT2D eigenvalue weighted by molar-refractivity contribution is 7.89. The second kappa shape index (κ2) is 10.3. The van der Waals surface area contributed by atoms with Crippen LogP contribution < -0.4 is 16.9 Å². The lowest BCUT2D eigenvalue weighted by atomic mass is 10.1. The molecule has 3 rings (SSSR count). The summed E-state index contributed by atoms with van der Waals surface area (Å²) in [5, 5.41) is 4.15. The molecule has 2 heterocycles. The summed E-state index contributed by atoms with van der Waals surface area (Å²) in [6.45, 7) is 4.54. The molecule has 0 bridgehead atoms. The van der Waals surface area contributed by atoms with Crippen molar-refractivity contribution < 1.29 is 22.7 Å². The number of nitrogens with one attached hydrogen (secondary N) is 1. The van der Waals surface area contributed by atoms with Gasteiger partial charge in [0.1, 0.15) is 15.4 Å². The van der Waals surface area contributed by atoms with Crippen LogP contribution >= 0.6 is 11.3 Å². The van der Waals surface area contributed by atoms with Crippen molar-refractivity contribution in [3.63, 3.8) is 0 Å². The SMILES string of the molecule is CCOC(=O)c1c(N)sc(C(=O)N/N=C(\C)c2ccc(S(=O)(=O)N3CCCCC3)cc2)c1N. The summed E-state index contributed by atoms with van der Waals surface area (Å²) >= 11 is 0.868. The van der Waals surface area contributed by atoms with Gasteiger partial charge in [-0.25, -0.2) is 18.6 Å². The number of carbonyl (C=O) groups is 2. The molecule has 33 heavy (non-hydrogen) atoms. The van der Waals surface area contributed by atoms with Crippen molar-refractivity contribution in [3.05, 3.63) is 40.3 Å². The molecular weight excluding hydrogens is 466 g/mol. The van der Waals surface area contributed by atoms with E-state index in [2.05, 4.69) is 10.5 Å². The van der Waals surface area contributed by atoms with Crippen LogP contribution in [0.5, 0.6) is 0 Å². The maximum Gasteiger partial charge on any atom is 0.343 e. The third kappa shape index (κ3) is 5.34. The molecule has 0 atom stereocenters. The molecule has 0 saturated carbocycles.